The number of anilines is 2. The van der Waals surface area contributed by atoms with Crippen molar-refractivity contribution in [3.05, 3.63) is 59.2 Å². The van der Waals surface area contributed by atoms with Gasteiger partial charge in [-0.1, -0.05) is 19.1 Å². The number of carbonyl (C=O) groups excluding carboxylic acids is 2. The molecule has 0 saturated heterocycles. The van der Waals surface area contributed by atoms with Crippen molar-refractivity contribution in [3.63, 3.8) is 0 Å². The highest BCUT2D eigenvalue weighted by Crippen LogP contribution is 2.26. The average molecular weight is 348 g/mol. The van der Waals surface area contributed by atoms with Crippen LogP contribution in [0.3, 0.4) is 0 Å². The highest BCUT2D eigenvalue weighted by atomic mass is 16.2. The largest absolute Gasteiger partial charge is 0.358 e. The van der Waals surface area contributed by atoms with E-state index in [2.05, 4.69) is 16.7 Å². The highest BCUT2D eigenvalue weighted by Gasteiger charge is 2.21. The van der Waals surface area contributed by atoms with Crippen LogP contribution in [0.4, 0.5) is 11.4 Å². The van der Waals surface area contributed by atoms with Gasteiger partial charge < -0.3 is 15.5 Å². The molecule has 0 aliphatic carbocycles. The minimum absolute atomic E-state index is 0.147. The van der Waals surface area contributed by atoms with Gasteiger partial charge in [0.1, 0.15) is 0 Å². The second kappa shape index (κ2) is 7.70. The molecule has 0 unspecified atom stereocenters. The fraction of sp³-hybridized carbons (Fsp3) is 0.250. The quantitative estimate of drug-likeness (QED) is 0.889. The molecule has 2 amide bonds. The first-order valence-corrected chi connectivity index (χ1v) is 8.57. The fourth-order valence-corrected chi connectivity index (χ4v) is 2.89. The molecule has 0 bridgehead atoms. The number of carbonyl (C=O) groups is 2. The lowest BCUT2D eigenvalue weighted by atomic mass is 10.1. The number of amides is 2. The summed E-state index contributed by atoms with van der Waals surface area (Å²) in [6.07, 6.45) is 0.865. The SMILES string of the molecule is CCCNC(=O)c1ccc2c(c1)NC(=O)CN(c1cccc(C#N)c1)C2. The summed E-state index contributed by atoms with van der Waals surface area (Å²) in [4.78, 5) is 26.4. The molecule has 0 radical (unpaired) electrons. The second-order valence-electron chi connectivity index (χ2n) is 6.19. The predicted molar refractivity (Wildman–Crippen MR) is 99.9 cm³/mol. The third-order valence-corrected chi connectivity index (χ3v) is 4.22. The van der Waals surface area contributed by atoms with Gasteiger partial charge in [-0.3, -0.25) is 9.59 Å². The van der Waals surface area contributed by atoms with E-state index in [0.717, 1.165) is 17.7 Å². The summed E-state index contributed by atoms with van der Waals surface area (Å²) < 4.78 is 0. The number of nitriles is 1. The molecule has 3 rings (SSSR count). The normalized spacial score (nSPS) is 13.2. The smallest absolute Gasteiger partial charge is 0.251 e. The van der Waals surface area contributed by atoms with Crippen molar-refractivity contribution < 1.29 is 9.59 Å². The number of hydrogen-bond acceptors (Lipinski definition) is 4. The van der Waals surface area contributed by atoms with Crippen molar-refractivity contribution in [1.29, 1.82) is 5.26 Å². The molecule has 6 nitrogen and oxygen atoms in total. The molecular formula is C20H20N4O2. The standard InChI is InChI=1S/C20H20N4O2/c1-2-8-22-20(26)15-6-7-16-12-24(13-19(25)23-18(16)10-15)17-5-3-4-14(9-17)11-21/h3-7,9-10H,2,8,12-13H2,1H3,(H,22,26)(H,23,25). The van der Waals surface area contributed by atoms with Crippen molar-refractivity contribution in [2.45, 2.75) is 19.9 Å². The van der Waals surface area contributed by atoms with E-state index < -0.39 is 0 Å². The van der Waals surface area contributed by atoms with E-state index in [9.17, 15) is 9.59 Å². The van der Waals surface area contributed by atoms with Crippen LogP contribution in [0.1, 0.15) is 34.8 Å². The summed E-state index contributed by atoms with van der Waals surface area (Å²) in [5.74, 6) is -0.302. The van der Waals surface area contributed by atoms with Gasteiger partial charge in [0.25, 0.3) is 5.91 Å². The molecule has 2 aromatic rings. The maximum absolute atomic E-state index is 12.3. The first-order chi connectivity index (χ1) is 12.6. The number of nitrogens with one attached hydrogen (secondary N) is 2. The Morgan fingerprint density at radius 3 is 2.88 bits per heavy atom. The zero-order chi connectivity index (χ0) is 18.5. The summed E-state index contributed by atoms with van der Waals surface area (Å²) in [7, 11) is 0. The van der Waals surface area contributed by atoms with Crippen molar-refractivity contribution >= 4 is 23.2 Å². The molecule has 2 N–H and O–H groups in total. The molecule has 132 valence electrons. The van der Waals surface area contributed by atoms with Crippen LogP contribution in [0.2, 0.25) is 0 Å². The molecule has 1 aliphatic heterocycles. The van der Waals surface area contributed by atoms with Gasteiger partial charge in [-0.2, -0.15) is 5.26 Å². The average Bonchev–Trinajstić information content (AvgIpc) is 2.83. The summed E-state index contributed by atoms with van der Waals surface area (Å²) in [5.41, 5.74) is 3.47. The highest BCUT2D eigenvalue weighted by molar-refractivity contribution is 5.99. The lowest BCUT2D eigenvalue weighted by Crippen LogP contribution is -2.29. The Bertz CT molecular complexity index is 886. The van der Waals surface area contributed by atoms with Gasteiger partial charge in [0.05, 0.1) is 18.2 Å². The first kappa shape index (κ1) is 17.5. The number of hydrogen-bond donors (Lipinski definition) is 2. The van der Waals surface area contributed by atoms with Crippen LogP contribution in [0.5, 0.6) is 0 Å². The molecule has 0 fully saturated rings. The van der Waals surface area contributed by atoms with E-state index in [1.165, 1.54) is 0 Å². The molecule has 1 heterocycles. The van der Waals surface area contributed by atoms with Crippen LogP contribution in [0.15, 0.2) is 42.5 Å². The second-order valence-corrected chi connectivity index (χ2v) is 6.19. The van der Waals surface area contributed by atoms with Crippen LogP contribution >= 0.6 is 0 Å². The fourth-order valence-electron chi connectivity index (χ4n) is 2.89. The third kappa shape index (κ3) is 3.83. The van der Waals surface area contributed by atoms with E-state index >= 15 is 0 Å². The van der Waals surface area contributed by atoms with E-state index in [0.29, 0.717) is 29.9 Å². The van der Waals surface area contributed by atoms with E-state index in [1.807, 2.05) is 24.0 Å². The van der Waals surface area contributed by atoms with E-state index in [4.69, 9.17) is 5.26 Å². The Morgan fingerprint density at radius 2 is 2.12 bits per heavy atom. The van der Waals surface area contributed by atoms with Gasteiger partial charge in [0.15, 0.2) is 0 Å². The van der Waals surface area contributed by atoms with Gasteiger partial charge in [-0.05, 0) is 42.3 Å². The Kier molecular flexibility index (Phi) is 5.18. The van der Waals surface area contributed by atoms with Crippen LogP contribution < -0.4 is 15.5 Å². The van der Waals surface area contributed by atoms with Crippen molar-refractivity contribution in [1.82, 2.24) is 5.32 Å². The van der Waals surface area contributed by atoms with Crippen molar-refractivity contribution in [2.24, 2.45) is 0 Å². The third-order valence-electron chi connectivity index (χ3n) is 4.22. The Balaban J connectivity index is 1.88. The summed E-state index contributed by atoms with van der Waals surface area (Å²) >= 11 is 0. The van der Waals surface area contributed by atoms with Gasteiger partial charge in [0, 0.05) is 30.0 Å². The van der Waals surface area contributed by atoms with Crippen LogP contribution in [0.25, 0.3) is 0 Å². The number of benzene rings is 2. The number of fused-ring (bicyclic) bond motifs is 1. The lowest BCUT2D eigenvalue weighted by Gasteiger charge is -2.22. The topological polar surface area (TPSA) is 85.2 Å². The van der Waals surface area contributed by atoms with Gasteiger partial charge in [-0.25, -0.2) is 0 Å². The minimum Gasteiger partial charge on any atom is -0.358 e. The van der Waals surface area contributed by atoms with Gasteiger partial charge in [-0.15, -0.1) is 0 Å². The Morgan fingerprint density at radius 1 is 1.27 bits per heavy atom. The number of nitrogens with zero attached hydrogens (tertiary/aromatic N) is 2. The first-order valence-electron chi connectivity index (χ1n) is 8.57. The molecule has 0 aromatic heterocycles. The predicted octanol–water partition coefficient (Wildman–Crippen LogP) is 2.66. The summed E-state index contributed by atoms with van der Waals surface area (Å²) in [5, 5.41) is 14.8. The molecule has 26 heavy (non-hydrogen) atoms. The number of rotatable bonds is 4. The molecule has 6 heteroatoms. The van der Waals surface area contributed by atoms with Crippen LogP contribution in [-0.4, -0.2) is 24.9 Å². The molecule has 2 aromatic carbocycles. The summed E-state index contributed by atoms with van der Waals surface area (Å²) in [6, 6.07) is 14.7. The molecule has 0 spiro atoms. The maximum Gasteiger partial charge on any atom is 0.251 e. The van der Waals surface area contributed by atoms with Gasteiger partial charge in [0.2, 0.25) is 5.91 Å². The van der Waals surface area contributed by atoms with Crippen molar-refractivity contribution in [3.8, 4) is 6.07 Å². The van der Waals surface area contributed by atoms with E-state index in [1.54, 1.807) is 30.3 Å². The zero-order valence-corrected chi connectivity index (χ0v) is 14.6. The molecule has 0 saturated carbocycles. The van der Waals surface area contributed by atoms with Crippen LogP contribution in [-0.2, 0) is 11.3 Å². The molecule has 1 aliphatic rings. The zero-order valence-electron chi connectivity index (χ0n) is 14.6. The van der Waals surface area contributed by atoms with Gasteiger partial charge >= 0.3 is 0 Å². The Hall–Kier alpha value is -3.33. The maximum atomic E-state index is 12.3. The monoisotopic (exact) mass is 348 g/mol. The molecule has 0 atom stereocenters. The molecular weight excluding hydrogens is 328 g/mol. The van der Waals surface area contributed by atoms with Crippen LogP contribution in [0, 0.1) is 11.3 Å². The van der Waals surface area contributed by atoms with Crippen molar-refractivity contribution in [2.75, 3.05) is 23.3 Å². The summed E-state index contributed by atoms with van der Waals surface area (Å²) in [6.45, 7) is 3.31. The van der Waals surface area contributed by atoms with E-state index in [-0.39, 0.29) is 18.4 Å². The lowest BCUT2D eigenvalue weighted by molar-refractivity contribution is -0.114. The minimum atomic E-state index is -0.155. The Labute approximate surface area is 152 Å².